The van der Waals surface area contributed by atoms with Crippen LogP contribution in [-0.2, 0) is 12.8 Å². The van der Waals surface area contributed by atoms with E-state index >= 15 is 0 Å². The summed E-state index contributed by atoms with van der Waals surface area (Å²) >= 11 is 0. The van der Waals surface area contributed by atoms with Gasteiger partial charge in [-0.3, -0.25) is 4.79 Å². The maximum absolute atomic E-state index is 13.5. The third-order valence-corrected chi connectivity index (χ3v) is 7.03. The zero-order valence-electron chi connectivity index (χ0n) is 19.2. The number of benzene rings is 2. The standard InChI is InChI=1S/C27H32N4O2/c1-18-11-13-20(14-12-18)29-27(33)28-16-19-6-5-15-31(17-19)26(32)23-9-4-8-22-21-7-2-3-10-24(21)30-25(22)23/h4,8-9,11-14,19,30H,2-3,5-7,10,15-17H2,1H3,(H2,28,29,33). The highest BCUT2D eigenvalue weighted by Gasteiger charge is 2.27. The molecule has 2 aliphatic rings. The van der Waals surface area contributed by atoms with Crippen molar-refractivity contribution in [2.45, 2.75) is 45.4 Å². The number of H-pyrrole nitrogens is 1. The first-order valence-electron chi connectivity index (χ1n) is 12.1. The van der Waals surface area contributed by atoms with Crippen LogP contribution in [-0.4, -0.2) is 41.5 Å². The Hall–Kier alpha value is -3.28. The number of rotatable bonds is 4. The van der Waals surface area contributed by atoms with Crippen molar-refractivity contribution in [1.82, 2.24) is 15.2 Å². The lowest BCUT2D eigenvalue weighted by atomic mass is 9.94. The predicted molar refractivity (Wildman–Crippen MR) is 132 cm³/mol. The van der Waals surface area contributed by atoms with Gasteiger partial charge in [0.1, 0.15) is 0 Å². The number of aryl methyl sites for hydroxylation is 3. The van der Waals surface area contributed by atoms with Gasteiger partial charge in [-0.05, 0) is 75.1 Å². The molecule has 1 saturated heterocycles. The predicted octanol–water partition coefficient (Wildman–Crippen LogP) is 5.03. The minimum atomic E-state index is -0.205. The number of para-hydroxylation sites is 1. The number of piperidine rings is 1. The number of nitrogens with zero attached hydrogens (tertiary/aromatic N) is 1. The molecule has 5 rings (SSSR count). The van der Waals surface area contributed by atoms with Crippen molar-refractivity contribution < 1.29 is 9.59 Å². The fourth-order valence-electron chi connectivity index (χ4n) is 5.24. The molecule has 2 heterocycles. The van der Waals surface area contributed by atoms with Gasteiger partial charge in [-0.2, -0.15) is 0 Å². The van der Waals surface area contributed by atoms with Crippen LogP contribution in [0.4, 0.5) is 10.5 Å². The molecular weight excluding hydrogens is 412 g/mol. The monoisotopic (exact) mass is 444 g/mol. The zero-order chi connectivity index (χ0) is 22.8. The molecule has 1 aromatic heterocycles. The molecule has 1 fully saturated rings. The van der Waals surface area contributed by atoms with Crippen molar-refractivity contribution in [3.05, 3.63) is 64.8 Å². The van der Waals surface area contributed by atoms with Crippen LogP contribution in [0.3, 0.4) is 0 Å². The number of likely N-dealkylation sites (tertiary alicyclic amines) is 1. The van der Waals surface area contributed by atoms with E-state index in [0.29, 0.717) is 13.1 Å². The van der Waals surface area contributed by atoms with Crippen LogP contribution >= 0.6 is 0 Å². The third-order valence-electron chi connectivity index (χ3n) is 7.03. The summed E-state index contributed by atoms with van der Waals surface area (Å²) in [5.41, 5.74) is 6.39. The van der Waals surface area contributed by atoms with E-state index in [1.54, 1.807) is 0 Å². The fraction of sp³-hybridized carbons (Fsp3) is 0.407. The topological polar surface area (TPSA) is 77.2 Å². The van der Waals surface area contributed by atoms with Gasteiger partial charge in [0.15, 0.2) is 0 Å². The molecule has 1 aliphatic carbocycles. The Bertz CT molecular complexity index is 1160. The van der Waals surface area contributed by atoms with Gasteiger partial charge in [0, 0.05) is 36.4 Å². The van der Waals surface area contributed by atoms with E-state index < -0.39 is 0 Å². The van der Waals surface area contributed by atoms with E-state index in [1.165, 1.54) is 29.5 Å². The second-order valence-corrected chi connectivity index (χ2v) is 9.48. The van der Waals surface area contributed by atoms with E-state index in [4.69, 9.17) is 0 Å². The largest absolute Gasteiger partial charge is 0.358 e. The third kappa shape index (κ3) is 4.61. The summed E-state index contributed by atoms with van der Waals surface area (Å²) in [4.78, 5) is 31.3. The molecule has 1 atom stereocenters. The highest BCUT2D eigenvalue weighted by atomic mass is 16.2. The van der Waals surface area contributed by atoms with Crippen LogP contribution < -0.4 is 10.6 Å². The van der Waals surface area contributed by atoms with Crippen molar-refractivity contribution in [1.29, 1.82) is 0 Å². The molecule has 172 valence electrons. The quantitative estimate of drug-likeness (QED) is 0.528. The number of carbonyl (C=O) groups is 2. The number of aromatic nitrogens is 1. The van der Waals surface area contributed by atoms with Crippen molar-refractivity contribution in [2.24, 2.45) is 5.92 Å². The van der Waals surface area contributed by atoms with Crippen molar-refractivity contribution >= 4 is 28.5 Å². The number of anilines is 1. The minimum Gasteiger partial charge on any atom is -0.358 e. The maximum atomic E-state index is 13.5. The summed E-state index contributed by atoms with van der Waals surface area (Å²) in [7, 11) is 0. The molecule has 0 bridgehead atoms. The minimum absolute atomic E-state index is 0.0907. The smallest absolute Gasteiger partial charge is 0.319 e. The van der Waals surface area contributed by atoms with Crippen LogP contribution in [0.5, 0.6) is 0 Å². The van der Waals surface area contributed by atoms with Gasteiger partial charge in [-0.1, -0.05) is 29.8 Å². The molecule has 3 aromatic rings. The van der Waals surface area contributed by atoms with Gasteiger partial charge >= 0.3 is 6.03 Å². The molecule has 1 unspecified atom stereocenters. The van der Waals surface area contributed by atoms with E-state index in [1.807, 2.05) is 48.2 Å². The molecule has 6 heteroatoms. The van der Waals surface area contributed by atoms with Crippen molar-refractivity contribution in [2.75, 3.05) is 25.0 Å². The first-order valence-corrected chi connectivity index (χ1v) is 12.1. The highest BCUT2D eigenvalue weighted by molar-refractivity contribution is 6.06. The fourth-order valence-corrected chi connectivity index (χ4v) is 5.24. The summed E-state index contributed by atoms with van der Waals surface area (Å²) < 4.78 is 0. The first kappa shape index (κ1) is 21.6. The molecule has 2 aromatic carbocycles. The lowest BCUT2D eigenvalue weighted by Crippen LogP contribution is -2.44. The molecule has 33 heavy (non-hydrogen) atoms. The molecule has 6 nitrogen and oxygen atoms in total. The van der Waals surface area contributed by atoms with Gasteiger partial charge < -0.3 is 20.5 Å². The summed E-state index contributed by atoms with van der Waals surface area (Å²) in [5, 5.41) is 7.07. The molecule has 0 saturated carbocycles. The lowest BCUT2D eigenvalue weighted by molar-refractivity contribution is 0.0677. The average molecular weight is 445 g/mol. The summed E-state index contributed by atoms with van der Waals surface area (Å²) in [5.74, 6) is 0.343. The Labute approximate surface area is 194 Å². The molecule has 3 amide bonds. The number of amides is 3. The number of fused-ring (bicyclic) bond motifs is 3. The Morgan fingerprint density at radius 2 is 1.88 bits per heavy atom. The van der Waals surface area contributed by atoms with Gasteiger partial charge in [0.25, 0.3) is 5.91 Å². The molecular formula is C27H32N4O2. The van der Waals surface area contributed by atoms with E-state index in [0.717, 1.165) is 54.6 Å². The Morgan fingerprint density at radius 1 is 1.06 bits per heavy atom. The summed E-state index contributed by atoms with van der Waals surface area (Å²) in [6.45, 7) is 4.01. The van der Waals surface area contributed by atoms with Crippen LogP contribution in [0.1, 0.15) is 52.9 Å². The van der Waals surface area contributed by atoms with Gasteiger partial charge in [-0.15, -0.1) is 0 Å². The van der Waals surface area contributed by atoms with E-state index in [-0.39, 0.29) is 17.9 Å². The maximum Gasteiger partial charge on any atom is 0.319 e. The second kappa shape index (κ2) is 9.30. The van der Waals surface area contributed by atoms with Crippen LogP contribution in [0.2, 0.25) is 0 Å². The van der Waals surface area contributed by atoms with Crippen molar-refractivity contribution in [3.63, 3.8) is 0 Å². The zero-order valence-corrected chi connectivity index (χ0v) is 19.2. The van der Waals surface area contributed by atoms with Crippen LogP contribution in [0, 0.1) is 12.8 Å². The summed E-state index contributed by atoms with van der Waals surface area (Å²) in [6.07, 6.45) is 6.55. The Morgan fingerprint density at radius 3 is 2.73 bits per heavy atom. The van der Waals surface area contributed by atoms with Crippen molar-refractivity contribution in [3.8, 4) is 0 Å². The molecule has 3 N–H and O–H groups in total. The van der Waals surface area contributed by atoms with Gasteiger partial charge in [-0.25, -0.2) is 4.79 Å². The molecule has 1 aliphatic heterocycles. The second-order valence-electron chi connectivity index (χ2n) is 9.48. The Kier molecular flexibility index (Phi) is 6.07. The number of nitrogens with one attached hydrogen (secondary N) is 3. The lowest BCUT2D eigenvalue weighted by Gasteiger charge is -2.33. The highest BCUT2D eigenvalue weighted by Crippen LogP contribution is 2.31. The number of aromatic amines is 1. The molecule has 0 spiro atoms. The SMILES string of the molecule is Cc1ccc(NC(=O)NCC2CCCN(C(=O)c3cccc4c5c([nH]c34)CCCC5)C2)cc1. The number of hydrogen-bond donors (Lipinski definition) is 3. The van der Waals surface area contributed by atoms with Crippen LogP contribution in [0.25, 0.3) is 10.9 Å². The average Bonchev–Trinajstić information content (AvgIpc) is 3.23. The molecule has 0 radical (unpaired) electrons. The number of urea groups is 1. The van der Waals surface area contributed by atoms with Gasteiger partial charge in [0.05, 0.1) is 11.1 Å². The van der Waals surface area contributed by atoms with E-state index in [2.05, 4.69) is 21.7 Å². The van der Waals surface area contributed by atoms with Crippen LogP contribution in [0.15, 0.2) is 42.5 Å². The summed E-state index contributed by atoms with van der Waals surface area (Å²) in [6, 6.07) is 13.6. The Balaban J connectivity index is 1.22. The number of hydrogen-bond acceptors (Lipinski definition) is 2. The first-order chi connectivity index (χ1) is 16.1. The van der Waals surface area contributed by atoms with E-state index in [9.17, 15) is 9.59 Å². The number of carbonyl (C=O) groups excluding carboxylic acids is 2. The van der Waals surface area contributed by atoms with Gasteiger partial charge in [0.2, 0.25) is 0 Å². The normalized spacial score (nSPS) is 18.1.